The lowest BCUT2D eigenvalue weighted by Crippen LogP contribution is -2.43. The molecule has 8 nitrogen and oxygen atoms in total. The van der Waals surface area contributed by atoms with Crippen LogP contribution in [-0.2, 0) is 11.3 Å². The van der Waals surface area contributed by atoms with E-state index in [0.717, 1.165) is 35.1 Å². The molecule has 5 rings (SSSR count). The predicted octanol–water partition coefficient (Wildman–Crippen LogP) is 4.46. The molecule has 1 atom stereocenters. The standard InChI is InChI=1S/C32H40F3N3O5/c1-41-24-2-3-28-25(18-24)30(22(19-36-28)20-38-10-13-42-14-11-38)29(40)4-5-32(21-39)6-8-37(9-7-32)12-15-43-31-26(34)16-23(33)17-27(31)35/h2-3,16-19,29,39-40H,4-15,20-21H2,1H3/t29-/m0/s1. The normalized spacial score (nSPS) is 18.6. The second kappa shape index (κ2) is 14.2. The topological polar surface area (TPSA) is 87.5 Å². The number of hydrogen-bond acceptors (Lipinski definition) is 8. The Morgan fingerprint density at radius 3 is 2.42 bits per heavy atom. The zero-order valence-corrected chi connectivity index (χ0v) is 24.5. The Hall–Kier alpha value is -2.96. The van der Waals surface area contributed by atoms with Gasteiger partial charge in [-0.2, -0.15) is 0 Å². The summed E-state index contributed by atoms with van der Waals surface area (Å²) in [4.78, 5) is 9.09. The molecule has 0 spiro atoms. The minimum atomic E-state index is -1.07. The van der Waals surface area contributed by atoms with Gasteiger partial charge in [0.1, 0.15) is 18.2 Å². The van der Waals surface area contributed by atoms with Crippen LogP contribution in [0, 0.1) is 22.9 Å². The van der Waals surface area contributed by atoms with Gasteiger partial charge in [0.25, 0.3) is 0 Å². The van der Waals surface area contributed by atoms with E-state index >= 15 is 0 Å². The fourth-order valence-corrected chi connectivity index (χ4v) is 6.15. The van der Waals surface area contributed by atoms with Gasteiger partial charge in [-0.25, -0.2) is 13.2 Å². The first-order chi connectivity index (χ1) is 20.8. The van der Waals surface area contributed by atoms with Crippen LogP contribution in [0.1, 0.15) is 42.9 Å². The van der Waals surface area contributed by atoms with E-state index in [1.54, 1.807) is 7.11 Å². The van der Waals surface area contributed by atoms with Gasteiger partial charge in [-0.05, 0) is 73.5 Å². The summed E-state index contributed by atoms with van der Waals surface area (Å²) >= 11 is 0. The Bertz CT molecular complexity index is 1360. The van der Waals surface area contributed by atoms with E-state index < -0.39 is 29.3 Å². The van der Waals surface area contributed by atoms with Gasteiger partial charge >= 0.3 is 0 Å². The minimum absolute atomic E-state index is 0.00160. The van der Waals surface area contributed by atoms with Crippen LogP contribution in [0.15, 0.2) is 36.5 Å². The van der Waals surface area contributed by atoms with E-state index in [4.69, 9.17) is 14.2 Å². The molecule has 234 valence electrons. The summed E-state index contributed by atoms with van der Waals surface area (Å²) in [5.74, 6) is -3.01. The molecule has 3 heterocycles. The number of morpholine rings is 1. The summed E-state index contributed by atoms with van der Waals surface area (Å²) in [5.41, 5.74) is 2.25. The average molecular weight is 604 g/mol. The second-order valence-corrected chi connectivity index (χ2v) is 11.6. The molecule has 43 heavy (non-hydrogen) atoms. The highest BCUT2D eigenvalue weighted by atomic mass is 19.1. The summed E-state index contributed by atoms with van der Waals surface area (Å²) in [6.07, 6.45) is 3.62. The van der Waals surface area contributed by atoms with Crippen LogP contribution >= 0.6 is 0 Å². The average Bonchev–Trinajstić information content (AvgIpc) is 3.02. The van der Waals surface area contributed by atoms with Crippen molar-refractivity contribution in [2.45, 2.75) is 38.3 Å². The maximum atomic E-state index is 13.9. The zero-order chi connectivity index (χ0) is 30.4. The number of piperidine rings is 1. The van der Waals surface area contributed by atoms with E-state index in [2.05, 4.69) is 14.8 Å². The molecule has 0 bridgehead atoms. The smallest absolute Gasteiger partial charge is 0.190 e. The van der Waals surface area contributed by atoms with Crippen LogP contribution in [-0.4, -0.2) is 91.3 Å². The van der Waals surface area contributed by atoms with Gasteiger partial charge in [-0.15, -0.1) is 0 Å². The van der Waals surface area contributed by atoms with Gasteiger partial charge in [0, 0.05) is 56.5 Å². The first-order valence-corrected chi connectivity index (χ1v) is 14.8. The number of ether oxygens (including phenoxy) is 3. The highest BCUT2D eigenvalue weighted by Crippen LogP contribution is 2.40. The molecule has 0 radical (unpaired) electrons. The molecular weight excluding hydrogens is 563 g/mol. The maximum absolute atomic E-state index is 13.9. The summed E-state index contributed by atoms with van der Waals surface area (Å²) < 4.78 is 57.2. The molecule has 3 aromatic rings. The molecule has 11 heteroatoms. The highest BCUT2D eigenvalue weighted by molar-refractivity contribution is 5.85. The van der Waals surface area contributed by atoms with E-state index in [0.29, 0.717) is 83.0 Å². The van der Waals surface area contributed by atoms with Crippen molar-refractivity contribution in [3.63, 3.8) is 0 Å². The lowest BCUT2D eigenvalue weighted by Gasteiger charge is -2.41. The van der Waals surface area contributed by atoms with Gasteiger partial charge in [0.2, 0.25) is 0 Å². The van der Waals surface area contributed by atoms with Gasteiger partial charge < -0.3 is 24.4 Å². The predicted molar refractivity (Wildman–Crippen MR) is 156 cm³/mol. The Morgan fingerprint density at radius 1 is 1.02 bits per heavy atom. The van der Waals surface area contributed by atoms with Crippen molar-refractivity contribution in [3.05, 3.63) is 65.1 Å². The van der Waals surface area contributed by atoms with Crippen LogP contribution in [0.5, 0.6) is 11.5 Å². The van der Waals surface area contributed by atoms with Crippen molar-refractivity contribution >= 4 is 10.9 Å². The van der Waals surface area contributed by atoms with Gasteiger partial charge in [0.15, 0.2) is 17.4 Å². The molecule has 2 saturated heterocycles. The van der Waals surface area contributed by atoms with Gasteiger partial charge in [0.05, 0.1) is 31.9 Å². The number of aliphatic hydroxyl groups is 2. The van der Waals surface area contributed by atoms with Crippen LogP contribution in [0.2, 0.25) is 0 Å². The first-order valence-electron chi connectivity index (χ1n) is 14.8. The summed E-state index contributed by atoms with van der Waals surface area (Å²) in [6, 6.07) is 6.88. The number of pyridine rings is 1. The van der Waals surface area contributed by atoms with Gasteiger partial charge in [-0.3, -0.25) is 14.8 Å². The fourth-order valence-electron chi connectivity index (χ4n) is 6.15. The zero-order valence-electron chi connectivity index (χ0n) is 24.5. The Morgan fingerprint density at radius 2 is 1.74 bits per heavy atom. The number of nitrogens with zero attached hydrogens (tertiary/aromatic N) is 3. The lowest BCUT2D eigenvalue weighted by atomic mass is 9.74. The number of fused-ring (bicyclic) bond motifs is 1. The van der Waals surface area contributed by atoms with E-state index in [1.165, 1.54) is 0 Å². The molecule has 0 aliphatic carbocycles. The minimum Gasteiger partial charge on any atom is -0.497 e. The summed E-state index contributed by atoms with van der Waals surface area (Å²) in [7, 11) is 1.62. The highest BCUT2D eigenvalue weighted by Gasteiger charge is 2.35. The third-order valence-corrected chi connectivity index (χ3v) is 8.85. The number of methoxy groups -OCH3 is 1. The Balaban J connectivity index is 1.22. The molecule has 2 aromatic carbocycles. The molecular formula is C32H40F3N3O5. The van der Waals surface area contributed by atoms with Crippen molar-refractivity contribution in [3.8, 4) is 11.5 Å². The van der Waals surface area contributed by atoms with E-state index in [9.17, 15) is 23.4 Å². The maximum Gasteiger partial charge on any atom is 0.190 e. The first kappa shape index (κ1) is 31.5. The van der Waals surface area contributed by atoms with Gasteiger partial charge in [-0.1, -0.05) is 0 Å². The lowest BCUT2D eigenvalue weighted by molar-refractivity contribution is 0.0197. The number of hydrogen-bond donors (Lipinski definition) is 2. The molecule has 0 amide bonds. The van der Waals surface area contributed by atoms with Crippen molar-refractivity contribution in [2.75, 3.05) is 66.3 Å². The number of rotatable bonds is 12. The molecule has 1 aromatic heterocycles. The van der Waals surface area contributed by atoms with Crippen LogP contribution in [0.4, 0.5) is 13.2 Å². The van der Waals surface area contributed by atoms with Crippen molar-refractivity contribution in [1.82, 2.24) is 14.8 Å². The Kier molecular flexibility index (Phi) is 10.4. The SMILES string of the molecule is COc1ccc2ncc(CN3CCOCC3)c([C@@H](O)CCC3(CO)CCN(CCOc4c(F)cc(F)cc4F)CC3)c2c1. The quantitative estimate of drug-likeness (QED) is 0.314. The largest absolute Gasteiger partial charge is 0.497 e. The third-order valence-electron chi connectivity index (χ3n) is 8.85. The summed E-state index contributed by atoms with van der Waals surface area (Å²) in [5, 5.41) is 23.0. The monoisotopic (exact) mass is 603 g/mol. The molecule has 0 saturated carbocycles. The van der Waals surface area contributed by atoms with Crippen molar-refractivity contribution in [2.24, 2.45) is 5.41 Å². The van der Waals surface area contributed by atoms with E-state index in [1.807, 2.05) is 24.4 Å². The molecule has 2 N–H and O–H groups in total. The van der Waals surface area contributed by atoms with Crippen LogP contribution < -0.4 is 9.47 Å². The van der Waals surface area contributed by atoms with Crippen LogP contribution in [0.25, 0.3) is 10.9 Å². The van der Waals surface area contributed by atoms with Crippen molar-refractivity contribution < 1.29 is 37.6 Å². The number of likely N-dealkylation sites (tertiary alicyclic amines) is 1. The van der Waals surface area contributed by atoms with Crippen LogP contribution in [0.3, 0.4) is 0 Å². The molecule has 0 unspecified atom stereocenters. The number of benzene rings is 2. The second-order valence-electron chi connectivity index (χ2n) is 11.6. The summed E-state index contributed by atoms with van der Waals surface area (Å²) in [6.45, 7) is 5.47. The van der Waals surface area contributed by atoms with E-state index in [-0.39, 0.29) is 18.6 Å². The number of aliphatic hydroxyl groups excluding tert-OH is 2. The van der Waals surface area contributed by atoms with Crippen molar-refractivity contribution in [1.29, 1.82) is 0 Å². The third kappa shape index (κ3) is 7.58. The molecule has 2 fully saturated rings. The Labute approximate surface area is 250 Å². The number of halogens is 3. The molecule has 2 aliphatic rings. The number of aromatic nitrogens is 1. The molecule has 2 aliphatic heterocycles. The fraction of sp³-hybridized carbons (Fsp3) is 0.531.